The maximum absolute atomic E-state index is 11.7. The Morgan fingerprint density at radius 2 is 1.33 bits per heavy atom. The molecule has 0 saturated heterocycles. The van der Waals surface area contributed by atoms with Crippen molar-refractivity contribution in [2.75, 3.05) is 0 Å². The molecular weight excluding hydrogens is 296 g/mol. The Kier molecular flexibility index (Phi) is 17.5. The van der Waals surface area contributed by atoms with Crippen LogP contribution in [0.25, 0.3) is 0 Å². The zero-order valence-corrected chi connectivity index (χ0v) is 16.4. The van der Waals surface area contributed by atoms with Crippen molar-refractivity contribution in [2.45, 2.75) is 110 Å². The molecule has 0 fully saturated rings. The zero-order chi connectivity index (χ0) is 17.9. The average molecular weight is 337 g/mol. The highest BCUT2D eigenvalue weighted by atomic mass is 16.5. The number of hydrogen-bond donors (Lipinski definition) is 0. The van der Waals surface area contributed by atoms with Crippen LogP contribution in [0.15, 0.2) is 24.3 Å². The molecule has 0 spiro atoms. The summed E-state index contributed by atoms with van der Waals surface area (Å²) in [7, 11) is 0. The van der Waals surface area contributed by atoms with Crippen molar-refractivity contribution in [3.63, 3.8) is 0 Å². The molecule has 24 heavy (non-hydrogen) atoms. The van der Waals surface area contributed by atoms with Crippen molar-refractivity contribution in [3.8, 4) is 0 Å². The van der Waals surface area contributed by atoms with E-state index in [-0.39, 0.29) is 12.1 Å². The van der Waals surface area contributed by atoms with Gasteiger partial charge in [0.05, 0.1) is 0 Å². The van der Waals surface area contributed by atoms with Crippen LogP contribution >= 0.6 is 0 Å². The Morgan fingerprint density at radius 1 is 0.792 bits per heavy atom. The summed E-state index contributed by atoms with van der Waals surface area (Å²) in [5, 5.41) is 0. The highest BCUT2D eigenvalue weighted by Crippen LogP contribution is 2.10. The third kappa shape index (κ3) is 15.8. The molecule has 2 heteroatoms. The quantitative estimate of drug-likeness (QED) is 0.170. The van der Waals surface area contributed by atoms with Crippen LogP contribution in [-0.4, -0.2) is 12.1 Å². The number of ether oxygens (including phenoxy) is 1. The smallest absolute Gasteiger partial charge is 0.306 e. The molecule has 0 aliphatic carbocycles. The van der Waals surface area contributed by atoms with E-state index in [2.05, 4.69) is 45.1 Å². The summed E-state index contributed by atoms with van der Waals surface area (Å²) in [4.78, 5) is 11.7. The largest absolute Gasteiger partial charge is 0.462 e. The van der Waals surface area contributed by atoms with Gasteiger partial charge < -0.3 is 4.74 Å². The van der Waals surface area contributed by atoms with Gasteiger partial charge in [0.25, 0.3) is 0 Å². The third-order valence-corrected chi connectivity index (χ3v) is 4.32. The molecule has 0 aromatic rings. The zero-order valence-electron chi connectivity index (χ0n) is 16.4. The second-order valence-corrected chi connectivity index (χ2v) is 6.59. The lowest BCUT2D eigenvalue weighted by atomic mass is 10.1. The van der Waals surface area contributed by atoms with Crippen LogP contribution in [0.5, 0.6) is 0 Å². The summed E-state index contributed by atoms with van der Waals surface area (Å²) in [6, 6.07) is 0. The van der Waals surface area contributed by atoms with Gasteiger partial charge in [-0.25, -0.2) is 0 Å². The minimum Gasteiger partial charge on any atom is -0.462 e. The highest BCUT2D eigenvalue weighted by molar-refractivity contribution is 5.69. The molecule has 0 rings (SSSR count). The van der Waals surface area contributed by atoms with Gasteiger partial charge in [-0.3, -0.25) is 4.79 Å². The minimum absolute atomic E-state index is 0.0163. The monoisotopic (exact) mass is 336 g/mol. The first-order chi connectivity index (χ1) is 11.7. The van der Waals surface area contributed by atoms with E-state index in [9.17, 15) is 4.79 Å². The van der Waals surface area contributed by atoms with E-state index in [1.807, 2.05) is 0 Å². The van der Waals surface area contributed by atoms with E-state index in [0.29, 0.717) is 6.42 Å². The average Bonchev–Trinajstić information content (AvgIpc) is 2.60. The molecule has 0 aromatic heterocycles. The number of esters is 1. The molecule has 0 amide bonds. The number of allylic oxidation sites excluding steroid dienone is 4. The summed E-state index contributed by atoms with van der Waals surface area (Å²) < 4.78 is 5.41. The van der Waals surface area contributed by atoms with Gasteiger partial charge in [0, 0.05) is 6.42 Å². The second-order valence-electron chi connectivity index (χ2n) is 6.59. The molecular formula is C22H40O2. The lowest BCUT2D eigenvalue weighted by Gasteiger charge is -2.13. The SMILES string of the molecule is CCCCC/C=C/C=C\CCCCCCCC(=O)OC(CC)CC. The summed E-state index contributed by atoms with van der Waals surface area (Å²) in [5.74, 6) is -0.0163. The Hall–Kier alpha value is -1.05. The highest BCUT2D eigenvalue weighted by Gasteiger charge is 2.09. The Bertz CT molecular complexity index is 327. The molecule has 0 aliphatic heterocycles. The lowest BCUT2D eigenvalue weighted by Crippen LogP contribution is -2.16. The normalized spacial score (nSPS) is 11.8. The van der Waals surface area contributed by atoms with Crippen molar-refractivity contribution in [3.05, 3.63) is 24.3 Å². The number of carbonyl (C=O) groups excluding carboxylic acids is 1. The fraction of sp³-hybridized carbons (Fsp3) is 0.773. The first-order valence-corrected chi connectivity index (χ1v) is 10.3. The van der Waals surface area contributed by atoms with E-state index in [1.54, 1.807) is 0 Å². The first kappa shape index (κ1) is 22.9. The molecule has 0 N–H and O–H groups in total. The van der Waals surface area contributed by atoms with Gasteiger partial charge in [0.1, 0.15) is 6.10 Å². The molecule has 140 valence electrons. The predicted octanol–water partition coefficient (Wildman–Crippen LogP) is 7.14. The van der Waals surface area contributed by atoms with E-state index in [0.717, 1.165) is 32.1 Å². The van der Waals surface area contributed by atoms with E-state index < -0.39 is 0 Å². The first-order valence-electron chi connectivity index (χ1n) is 10.3. The van der Waals surface area contributed by atoms with Gasteiger partial charge in [-0.2, -0.15) is 0 Å². The van der Waals surface area contributed by atoms with E-state index in [1.165, 1.54) is 44.9 Å². The lowest BCUT2D eigenvalue weighted by molar-refractivity contribution is -0.149. The van der Waals surface area contributed by atoms with Gasteiger partial charge in [0.2, 0.25) is 0 Å². The van der Waals surface area contributed by atoms with Crippen molar-refractivity contribution < 1.29 is 9.53 Å². The van der Waals surface area contributed by atoms with Crippen LogP contribution in [0.1, 0.15) is 104 Å². The molecule has 0 atom stereocenters. The topological polar surface area (TPSA) is 26.3 Å². The maximum Gasteiger partial charge on any atom is 0.306 e. The molecule has 2 nitrogen and oxygen atoms in total. The molecule has 0 saturated carbocycles. The van der Waals surface area contributed by atoms with Gasteiger partial charge in [0.15, 0.2) is 0 Å². The van der Waals surface area contributed by atoms with E-state index >= 15 is 0 Å². The van der Waals surface area contributed by atoms with Gasteiger partial charge >= 0.3 is 5.97 Å². The molecule has 0 aliphatic rings. The van der Waals surface area contributed by atoms with Crippen molar-refractivity contribution >= 4 is 5.97 Å². The number of rotatable bonds is 16. The van der Waals surface area contributed by atoms with Gasteiger partial charge in [-0.15, -0.1) is 0 Å². The molecule has 0 radical (unpaired) electrons. The second kappa shape index (κ2) is 18.3. The third-order valence-electron chi connectivity index (χ3n) is 4.32. The standard InChI is InChI=1S/C22H40O2/c1-4-7-8-9-10-11-12-13-14-15-16-17-18-19-20-22(23)24-21(5-2)6-3/h10-13,21H,4-9,14-20H2,1-3H3/b11-10+,13-12-. The number of unbranched alkanes of at least 4 members (excludes halogenated alkanes) is 8. The van der Waals surface area contributed by atoms with Crippen LogP contribution in [0, 0.1) is 0 Å². The Labute approximate surface area is 150 Å². The van der Waals surface area contributed by atoms with Crippen LogP contribution < -0.4 is 0 Å². The van der Waals surface area contributed by atoms with E-state index in [4.69, 9.17) is 4.74 Å². The summed E-state index contributed by atoms with van der Waals surface area (Å²) in [6.45, 7) is 6.37. The number of carbonyl (C=O) groups is 1. The fourth-order valence-corrected chi connectivity index (χ4v) is 2.62. The summed E-state index contributed by atoms with van der Waals surface area (Å²) in [6.07, 6.45) is 23.6. The Balaban J connectivity index is 3.37. The van der Waals surface area contributed by atoms with Crippen LogP contribution in [0.3, 0.4) is 0 Å². The van der Waals surface area contributed by atoms with Crippen LogP contribution in [0.4, 0.5) is 0 Å². The van der Waals surface area contributed by atoms with Gasteiger partial charge in [-0.05, 0) is 44.9 Å². The van der Waals surface area contributed by atoms with Gasteiger partial charge in [-0.1, -0.05) is 77.2 Å². The van der Waals surface area contributed by atoms with Crippen molar-refractivity contribution in [1.29, 1.82) is 0 Å². The van der Waals surface area contributed by atoms with Crippen molar-refractivity contribution in [1.82, 2.24) is 0 Å². The summed E-state index contributed by atoms with van der Waals surface area (Å²) in [5.41, 5.74) is 0. The van der Waals surface area contributed by atoms with Crippen LogP contribution in [-0.2, 0) is 9.53 Å². The molecule has 0 unspecified atom stereocenters. The maximum atomic E-state index is 11.7. The molecule has 0 bridgehead atoms. The summed E-state index contributed by atoms with van der Waals surface area (Å²) >= 11 is 0. The fourth-order valence-electron chi connectivity index (χ4n) is 2.62. The Morgan fingerprint density at radius 3 is 1.92 bits per heavy atom. The minimum atomic E-state index is -0.0163. The molecule has 0 aromatic carbocycles. The predicted molar refractivity (Wildman–Crippen MR) is 105 cm³/mol. The number of hydrogen-bond acceptors (Lipinski definition) is 2. The molecule has 0 heterocycles. The van der Waals surface area contributed by atoms with Crippen molar-refractivity contribution in [2.24, 2.45) is 0 Å². The van der Waals surface area contributed by atoms with Crippen LogP contribution in [0.2, 0.25) is 0 Å².